The monoisotopic (exact) mass is 267 g/mol. The van der Waals surface area contributed by atoms with Crippen molar-refractivity contribution in [1.29, 1.82) is 0 Å². The normalized spacial score (nSPS) is 10.4. The molecule has 0 saturated heterocycles. The second-order valence-corrected chi connectivity index (χ2v) is 4.38. The van der Waals surface area contributed by atoms with E-state index in [1.54, 1.807) is 18.6 Å². The lowest BCUT2D eigenvalue weighted by molar-refractivity contribution is 1.04. The Morgan fingerprint density at radius 1 is 0.842 bits per heavy atom. The van der Waals surface area contributed by atoms with Gasteiger partial charge in [-0.25, -0.2) is 0 Å². The van der Waals surface area contributed by atoms with Crippen LogP contribution in [0.4, 0.5) is 0 Å². The van der Waals surface area contributed by atoms with Gasteiger partial charge < -0.3 is 0 Å². The van der Waals surface area contributed by atoms with Crippen LogP contribution in [0.25, 0.3) is 22.3 Å². The van der Waals surface area contributed by atoms with Crippen LogP contribution in [-0.4, -0.2) is 15.2 Å². The van der Waals surface area contributed by atoms with Crippen LogP contribution in [0.2, 0.25) is 5.15 Å². The average molecular weight is 268 g/mol. The van der Waals surface area contributed by atoms with Crippen LogP contribution in [0, 0.1) is 0 Å². The number of benzene rings is 1. The van der Waals surface area contributed by atoms with Crippen molar-refractivity contribution < 1.29 is 0 Å². The van der Waals surface area contributed by atoms with E-state index in [-0.39, 0.29) is 0 Å². The van der Waals surface area contributed by atoms with E-state index in [1.807, 2.05) is 42.5 Å². The van der Waals surface area contributed by atoms with Crippen molar-refractivity contribution in [2.75, 3.05) is 0 Å². The summed E-state index contributed by atoms with van der Waals surface area (Å²) in [5.74, 6) is 0. The van der Waals surface area contributed by atoms with Crippen molar-refractivity contribution in [2.24, 2.45) is 0 Å². The molecular formula is C15H10ClN3. The third-order valence-corrected chi connectivity index (χ3v) is 3.13. The fourth-order valence-corrected chi connectivity index (χ4v) is 2.25. The Labute approximate surface area is 115 Å². The minimum absolute atomic E-state index is 0.396. The summed E-state index contributed by atoms with van der Waals surface area (Å²) in [7, 11) is 0. The molecule has 19 heavy (non-hydrogen) atoms. The molecule has 1 aromatic carbocycles. The second-order valence-electron chi connectivity index (χ2n) is 4.03. The van der Waals surface area contributed by atoms with Gasteiger partial charge in [0.2, 0.25) is 0 Å². The molecule has 0 aliphatic heterocycles. The Morgan fingerprint density at radius 3 is 2.32 bits per heavy atom. The van der Waals surface area contributed by atoms with E-state index in [1.165, 1.54) is 0 Å². The molecule has 0 amide bonds. The fourth-order valence-electron chi connectivity index (χ4n) is 1.99. The Morgan fingerprint density at radius 2 is 1.58 bits per heavy atom. The molecule has 0 N–H and O–H groups in total. The largest absolute Gasteiger partial charge is 0.265 e. The van der Waals surface area contributed by atoms with Gasteiger partial charge in [-0.2, -0.15) is 5.10 Å². The van der Waals surface area contributed by atoms with Crippen LogP contribution >= 0.6 is 11.6 Å². The van der Waals surface area contributed by atoms with Crippen LogP contribution in [0.15, 0.2) is 61.1 Å². The van der Waals surface area contributed by atoms with Gasteiger partial charge >= 0.3 is 0 Å². The molecule has 3 aromatic rings. The third kappa shape index (κ3) is 2.33. The summed E-state index contributed by atoms with van der Waals surface area (Å²) in [5, 5.41) is 8.28. The first-order valence-electron chi connectivity index (χ1n) is 5.83. The van der Waals surface area contributed by atoms with Crippen molar-refractivity contribution >= 4 is 11.6 Å². The molecule has 0 aliphatic carbocycles. The van der Waals surface area contributed by atoms with Gasteiger partial charge in [0.1, 0.15) is 0 Å². The van der Waals surface area contributed by atoms with Gasteiger partial charge in [-0.3, -0.25) is 4.98 Å². The zero-order valence-electron chi connectivity index (χ0n) is 9.99. The van der Waals surface area contributed by atoms with Gasteiger partial charge in [0.15, 0.2) is 5.15 Å². The quantitative estimate of drug-likeness (QED) is 0.708. The van der Waals surface area contributed by atoms with E-state index in [9.17, 15) is 0 Å². The highest BCUT2D eigenvalue weighted by Crippen LogP contribution is 2.35. The molecule has 2 heterocycles. The maximum atomic E-state index is 6.22. The molecule has 0 saturated carbocycles. The molecule has 0 bridgehead atoms. The smallest absolute Gasteiger partial charge is 0.160 e. The molecule has 4 heteroatoms. The minimum Gasteiger partial charge on any atom is -0.265 e. The van der Waals surface area contributed by atoms with Crippen molar-refractivity contribution in [3.8, 4) is 22.3 Å². The first-order chi connectivity index (χ1) is 9.36. The molecule has 0 unspecified atom stereocenters. The van der Waals surface area contributed by atoms with Gasteiger partial charge in [0, 0.05) is 23.5 Å². The SMILES string of the molecule is Clc1nncc(-c2ccccc2)c1-c1ccncc1. The Hall–Kier alpha value is -2.26. The lowest BCUT2D eigenvalue weighted by atomic mass is 9.98. The Bertz CT molecular complexity index is 684. The predicted molar refractivity (Wildman–Crippen MR) is 75.7 cm³/mol. The van der Waals surface area contributed by atoms with Gasteiger partial charge in [-0.05, 0) is 23.3 Å². The third-order valence-electron chi connectivity index (χ3n) is 2.86. The summed E-state index contributed by atoms with van der Waals surface area (Å²) in [5.41, 5.74) is 3.89. The topological polar surface area (TPSA) is 38.7 Å². The van der Waals surface area contributed by atoms with E-state index in [0.717, 1.165) is 22.3 Å². The highest BCUT2D eigenvalue weighted by Gasteiger charge is 2.12. The first kappa shape index (κ1) is 11.8. The first-order valence-corrected chi connectivity index (χ1v) is 6.21. The summed E-state index contributed by atoms with van der Waals surface area (Å²) < 4.78 is 0. The van der Waals surface area contributed by atoms with Crippen LogP contribution in [0.3, 0.4) is 0 Å². The summed E-state index contributed by atoms with van der Waals surface area (Å²) in [6, 6.07) is 13.8. The molecule has 0 aliphatic rings. The summed E-state index contributed by atoms with van der Waals surface area (Å²) in [6.07, 6.45) is 5.21. The maximum Gasteiger partial charge on any atom is 0.160 e. The van der Waals surface area contributed by atoms with Crippen LogP contribution in [-0.2, 0) is 0 Å². The molecule has 0 radical (unpaired) electrons. The van der Waals surface area contributed by atoms with E-state index >= 15 is 0 Å². The maximum absolute atomic E-state index is 6.22. The number of nitrogens with zero attached hydrogens (tertiary/aromatic N) is 3. The fraction of sp³-hybridized carbons (Fsp3) is 0. The molecule has 2 aromatic heterocycles. The lowest BCUT2D eigenvalue weighted by Crippen LogP contribution is -1.92. The van der Waals surface area contributed by atoms with Crippen LogP contribution in [0.5, 0.6) is 0 Å². The Kier molecular flexibility index (Phi) is 3.21. The number of rotatable bonds is 2. The summed E-state index contributed by atoms with van der Waals surface area (Å²) in [4.78, 5) is 4.02. The number of halogens is 1. The zero-order valence-corrected chi connectivity index (χ0v) is 10.7. The molecule has 92 valence electrons. The zero-order chi connectivity index (χ0) is 13.1. The van der Waals surface area contributed by atoms with E-state index < -0.39 is 0 Å². The molecule has 3 rings (SSSR count). The molecule has 0 spiro atoms. The highest BCUT2D eigenvalue weighted by molar-refractivity contribution is 6.32. The lowest BCUT2D eigenvalue weighted by Gasteiger charge is -2.10. The molecule has 3 nitrogen and oxygen atoms in total. The molecule has 0 atom stereocenters. The van der Waals surface area contributed by atoms with Crippen LogP contribution in [0.1, 0.15) is 0 Å². The van der Waals surface area contributed by atoms with E-state index in [0.29, 0.717) is 5.15 Å². The van der Waals surface area contributed by atoms with Crippen LogP contribution < -0.4 is 0 Å². The van der Waals surface area contributed by atoms with Crippen molar-refractivity contribution in [2.45, 2.75) is 0 Å². The standard InChI is InChI=1S/C15H10ClN3/c16-15-14(12-6-8-17-9-7-12)13(10-18-19-15)11-4-2-1-3-5-11/h1-10H. The number of aromatic nitrogens is 3. The predicted octanol–water partition coefficient (Wildman–Crippen LogP) is 3.86. The van der Waals surface area contributed by atoms with Crippen molar-refractivity contribution in [3.63, 3.8) is 0 Å². The molecule has 0 fully saturated rings. The minimum atomic E-state index is 0.396. The number of hydrogen-bond acceptors (Lipinski definition) is 3. The summed E-state index contributed by atoms with van der Waals surface area (Å²) in [6.45, 7) is 0. The second kappa shape index (κ2) is 5.16. The number of pyridine rings is 1. The van der Waals surface area contributed by atoms with E-state index in [2.05, 4.69) is 15.2 Å². The Balaban J connectivity index is 2.25. The average Bonchev–Trinajstić information content (AvgIpc) is 2.49. The van der Waals surface area contributed by atoms with E-state index in [4.69, 9.17) is 11.6 Å². The van der Waals surface area contributed by atoms with Crippen molar-refractivity contribution in [3.05, 3.63) is 66.2 Å². The van der Waals surface area contributed by atoms with Gasteiger partial charge in [-0.15, -0.1) is 5.10 Å². The summed E-state index contributed by atoms with van der Waals surface area (Å²) >= 11 is 6.22. The van der Waals surface area contributed by atoms with Gasteiger partial charge in [0.25, 0.3) is 0 Å². The van der Waals surface area contributed by atoms with Gasteiger partial charge in [0.05, 0.1) is 6.20 Å². The number of hydrogen-bond donors (Lipinski definition) is 0. The molecular weight excluding hydrogens is 258 g/mol. The highest BCUT2D eigenvalue weighted by atomic mass is 35.5. The van der Waals surface area contributed by atoms with Gasteiger partial charge in [-0.1, -0.05) is 41.9 Å². The van der Waals surface area contributed by atoms with Crippen molar-refractivity contribution in [1.82, 2.24) is 15.2 Å².